The molecule has 6 nitrogen and oxygen atoms in total. The fourth-order valence-electron chi connectivity index (χ4n) is 1.47. The van der Waals surface area contributed by atoms with Crippen LogP contribution in [0, 0.1) is 0 Å². The Bertz CT molecular complexity index is 507. The first-order valence-corrected chi connectivity index (χ1v) is 7.89. The number of rotatable bonds is 8. The molecule has 0 atom stereocenters. The van der Waals surface area contributed by atoms with E-state index >= 15 is 0 Å². The molecule has 0 unspecified atom stereocenters. The maximum atomic E-state index is 11.9. The van der Waals surface area contributed by atoms with E-state index in [1.807, 2.05) is 6.92 Å². The van der Waals surface area contributed by atoms with Crippen molar-refractivity contribution >= 4 is 19.7 Å². The van der Waals surface area contributed by atoms with Crippen molar-refractivity contribution < 1.29 is 21.9 Å². The molecular weight excluding hydrogens is 304 g/mol. The van der Waals surface area contributed by atoms with Crippen molar-refractivity contribution in [2.45, 2.75) is 37.9 Å². The first-order chi connectivity index (χ1) is 8.86. The van der Waals surface area contributed by atoms with Crippen molar-refractivity contribution in [2.24, 2.45) is 0 Å². The molecule has 0 saturated heterocycles. The van der Waals surface area contributed by atoms with Crippen LogP contribution in [0.2, 0.25) is 0 Å². The van der Waals surface area contributed by atoms with E-state index in [9.17, 15) is 17.2 Å². The van der Waals surface area contributed by atoms with Crippen molar-refractivity contribution in [1.29, 1.82) is 0 Å². The maximum Gasteiger partial charge on any atom is 0.296 e. The van der Waals surface area contributed by atoms with Crippen molar-refractivity contribution in [2.75, 3.05) is 13.2 Å². The molecule has 0 bridgehead atoms. The summed E-state index contributed by atoms with van der Waals surface area (Å²) < 4.78 is 52.3. The van der Waals surface area contributed by atoms with Crippen LogP contribution in [-0.4, -0.2) is 42.8 Å². The highest BCUT2D eigenvalue weighted by atomic mass is 35.7. The normalized spacial score (nSPS) is 12.3. The first-order valence-electron chi connectivity index (χ1n) is 5.59. The summed E-state index contributed by atoms with van der Waals surface area (Å²) in [7, 11) is 1.26. The Hall–Kier alpha value is -0.800. The van der Waals surface area contributed by atoms with Crippen LogP contribution in [0.3, 0.4) is 0 Å². The molecule has 1 heterocycles. The third-order valence-electron chi connectivity index (χ3n) is 2.17. The smallest absolute Gasteiger partial charge is 0.296 e. The van der Waals surface area contributed by atoms with E-state index in [1.165, 1.54) is 4.57 Å². The Morgan fingerprint density at radius 3 is 2.63 bits per heavy atom. The van der Waals surface area contributed by atoms with Gasteiger partial charge in [-0.1, -0.05) is 6.92 Å². The lowest BCUT2D eigenvalue weighted by Gasteiger charge is -2.07. The molecule has 0 N–H and O–H groups in total. The minimum absolute atomic E-state index is 0.00845. The summed E-state index contributed by atoms with van der Waals surface area (Å²) in [5.41, 5.74) is 0. The monoisotopic (exact) mass is 317 g/mol. The van der Waals surface area contributed by atoms with Gasteiger partial charge in [-0.3, -0.25) is 0 Å². The second-order valence-corrected chi connectivity index (χ2v) is 6.16. The fraction of sp³-hybridized carbons (Fsp3) is 0.778. The van der Waals surface area contributed by atoms with Crippen LogP contribution in [-0.2, 0) is 26.8 Å². The molecule has 0 amide bonds. The van der Waals surface area contributed by atoms with Crippen LogP contribution in [0.5, 0.6) is 0 Å². The van der Waals surface area contributed by atoms with Crippen LogP contribution in [0.15, 0.2) is 5.16 Å². The second-order valence-electron chi connectivity index (χ2n) is 3.70. The van der Waals surface area contributed by atoms with Gasteiger partial charge in [0.05, 0.1) is 6.61 Å². The van der Waals surface area contributed by atoms with E-state index < -0.39 is 22.1 Å². The Balaban J connectivity index is 2.75. The highest BCUT2D eigenvalue weighted by molar-refractivity contribution is 8.13. The lowest BCUT2D eigenvalue weighted by molar-refractivity contribution is 0.0180. The van der Waals surface area contributed by atoms with E-state index in [1.54, 1.807) is 0 Å². The largest absolute Gasteiger partial charge is 0.375 e. The molecule has 0 radical (unpaired) electrons. The number of halogens is 3. The fourth-order valence-corrected chi connectivity index (χ4v) is 2.41. The molecule has 0 aliphatic carbocycles. The number of hydrogen-bond acceptors (Lipinski definition) is 5. The minimum Gasteiger partial charge on any atom is -0.375 e. The molecule has 0 aromatic carbocycles. The highest BCUT2D eigenvalue weighted by Gasteiger charge is 2.21. The van der Waals surface area contributed by atoms with Crippen molar-refractivity contribution in [3.8, 4) is 0 Å². The predicted molar refractivity (Wildman–Crippen MR) is 63.9 cm³/mol. The van der Waals surface area contributed by atoms with Crippen LogP contribution < -0.4 is 0 Å². The minimum atomic E-state index is -3.98. The number of ether oxygens (including phenoxy) is 1. The summed E-state index contributed by atoms with van der Waals surface area (Å²) in [6, 6.07) is 0. The van der Waals surface area contributed by atoms with Gasteiger partial charge < -0.3 is 9.30 Å². The molecule has 0 aliphatic heterocycles. The van der Waals surface area contributed by atoms with E-state index in [0.717, 1.165) is 0 Å². The average molecular weight is 318 g/mol. The van der Waals surface area contributed by atoms with Crippen LogP contribution in [0.25, 0.3) is 0 Å². The van der Waals surface area contributed by atoms with Gasteiger partial charge in [-0.15, -0.1) is 10.2 Å². The number of aromatic nitrogens is 3. The summed E-state index contributed by atoms with van der Waals surface area (Å²) in [6.45, 7) is 1.57. The zero-order valence-corrected chi connectivity index (χ0v) is 11.8. The number of alkyl halides is 2. The predicted octanol–water partition coefficient (Wildman–Crippen LogP) is 1.44. The van der Waals surface area contributed by atoms with E-state index in [2.05, 4.69) is 10.2 Å². The zero-order chi connectivity index (χ0) is 14.5. The van der Waals surface area contributed by atoms with Gasteiger partial charge in [-0.05, 0) is 6.42 Å². The van der Waals surface area contributed by atoms with Gasteiger partial charge in [0, 0.05) is 23.6 Å². The van der Waals surface area contributed by atoms with Crippen molar-refractivity contribution in [3.63, 3.8) is 0 Å². The van der Waals surface area contributed by atoms with Gasteiger partial charge in [0.25, 0.3) is 20.6 Å². The zero-order valence-electron chi connectivity index (χ0n) is 10.2. The molecule has 1 rings (SSSR count). The first kappa shape index (κ1) is 16.3. The molecule has 0 aliphatic rings. The molecule has 0 saturated carbocycles. The molecule has 19 heavy (non-hydrogen) atoms. The maximum absolute atomic E-state index is 11.9. The Kier molecular flexibility index (Phi) is 6.08. The molecular formula is C9H14ClF2N3O3S. The molecule has 0 fully saturated rings. The van der Waals surface area contributed by atoms with E-state index in [0.29, 0.717) is 18.8 Å². The Morgan fingerprint density at radius 2 is 2.11 bits per heavy atom. The average Bonchev–Trinajstić information content (AvgIpc) is 2.68. The lowest BCUT2D eigenvalue weighted by atomic mass is 10.4. The van der Waals surface area contributed by atoms with Gasteiger partial charge in [-0.2, -0.15) is 0 Å². The quantitative estimate of drug-likeness (QED) is 0.536. The van der Waals surface area contributed by atoms with Crippen LogP contribution in [0.1, 0.15) is 19.2 Å². The van der Waals surface area contributed by atoms with E-state index in [4.69, 9.17) is 15.4 Å². The van der Waals surface area contributed by atoms with Gasteiger partial charge >= 0.3 is 0 Å². The molecule has 110 valence electrons. The van der Waals surface area contributed by atoms with Crippen molar-refractivity contribution in [3.05, 3.63) is 5.82 Å². The topological polar surface area (TPSA) is 74.1 Å². The van der Waals surface area contributed by atoms with Gasteiger partial charge in [0.2, 0.25) is 0 Å². The summed E-state index contributed by atoms with van der Waals surface area (Å²) in [5.74, 6) is 0.343. The summed E-state index contributed by atoms with van der Waals surface area (Å²) in [6.07, 6.45) is -1.69. The summed E-state index contributed by atoms with van der Waals surface area (Å²) in [5, 5.41) is 6.88. The third-order valence-corrected chi connectivity index (χ3v) is 3.32. The standard InChI is InChI=1S/C9H14ClF2N3O3S/c1-2-4-15-8(3-5-18-6-7(11)12)13-14-9(15)19(10,16)17/h7H,2-6H2,1H3. The number of nitrogens with zero attached hydrogens (tertiary/aromatic N) is 3. The molecule has 0 spiro atoms. The Morgan fingerprint density at radius 1 is 1.42 bits per heavy atom. The third kappa shape index (κ3) is 5.00. The number of hydrogen-bond donors (Lipinski definition) is 0. The van der Waals surface area contributed by atoms with Gasteiger partial charge in [-0.25, -0.2) is 17.2 Å². The Labute approximate surface area is 114 Å². The highest BCUT2D eigenvalue weighted by Crippen LogP contribution is 2.15. The lowest BCUT2D eigenvalue weighted by Crippen LogP contribution is -2.13. The molecule has 1 aromatic heterocycles. The van der Waals surface area contributed by atoms with Gasteiger partial charge in [0.1, 0.15) is 12.4 Å². The van der Waals surface area contributed by atoms with Crippen LogP contribution in [0.4, 0.5) is 8.78 Å². The summed E-state index contributed by atoms with van der Waals surface area (Å²) >= 11 is 0. The summed E-state index contributed by atoms with van der Waals surface area (Å²) in [4.78, 5) is 0. The van der Waals surface area contributed by atoms with Gasteiger partial charge in [0.15, 0.2) is 0 Å². The SMILES string of the molecule is CCCn1c(CCOCC(F)F)nnc1S(=O)(=O)Cl. The van der Waals surface area contributed by atoms with E-state index in [-0.39, 0.29) is 18.2 Å². The van der Waals surface area contributed by atoms with Crippen molar-refractivity contribution in [1.82, 2.24) is 14.8 Å². The second kappa shape index (κ2) is 7.11. The van der Waals surface area contributed by atoms with Crippen LogP contribution >= 0.6 is 10.7 Å². The molecule has 1 aromatic rings. The molecule has 10 heteroatoms.